The van der Waals surface area contributed by atoms with Gasteiger partial charge in [-0.2, -0.15) is 0 Å². The zero-order valence-electron chi connectivity index (χ0n) is 17.5. The molecule has 0 saturated heterocycles. The van der Waals surface area contributed by atoms with Gasteiger partial charge in [-0.15, -0.1) is 11.3 Å². The molecule has 1 heterocycles. The molecular weight excluding hydrogens is 410 g/mol. The van der Waals surface area contributed by atoms with Gasteiger partial charge in [0.05, 0.1) is 12.5 Å². The summed E-state index contributed by atoms with van der Waals surface area (Å²) in [6.45, 7) is 3.73. The third-order valence-electron chi connectivity index (χ3n) is 4.64. The molecular formula is C24H25N3O3S. The number of anilines is 1. The van der Waals surface area contributed by atoms with Gasteiger partial charge in [-0.05, 0) is 48.2 Å². The number of nitrogens with one attached hydrogen (secondary N) is 3. The molecule has 0 fully saturated rings. The van der Waals surface area contributed by atoms with Crippen molar-refractivity contribution >= 4 is 34.7 Å². The predicted molar refractivity (Wildman–Crippen MR) is 123 cm³/mol. The van der Waals surface area contributed by atoms with Crippen LogP contribution < -0.4 is 16.0 Å². The van der Waals surface area contributed by atoms with Gasteiger partial charge in [0.15, 0.2) is 0 Å². The van der Waals surface area contributed by atoms with Gasteiger partial charge in [-0.1, -0.05) is 35.9 Å². The third kappa shape index (κ3) is 6.79. The topological polar surface area (TPSA) is 87.3 Å². The fourth-order valence-electron chi connectivity index (χ4n) is 3.08. The van der Waals surface area contributed by atoms with E-state index in [-0.39, 0.29) is 30.2 Å². The molecule has 0 aliphatic heterocycles. The van der Waals surface area contributed by atoms with E-state index in [0.29, 0.717) is 17.8 Å². The van der Waals surface area contributed by atoms with Crippen LogP contribution in [0, 0.1) is 6.92 Å². The summed E-state index contributed by atoms with van der Waals surface area (Å²) in [5, 5.41) is 10.5. The average molecular weight is 436 g/mol. The number of carbonyl (C=O) groups excluding carboxylic acids is 3. The van der Waals surface area contributed by atoms with E-state index in [1.54, 1.807) is 18.2 Å². The number of hydrogen-bond donors (Lipinski definition) is 3. The highest BCUT2D eigenvalue weighted by molar-refractivity contribution is 7.10. The summed E-state index contributed by atoms with van der Waals surface area (Å²) in [6, 6.07) is 18.2. The molecule has 31 heavy (non-hydrogen) atoms. The van der Waals surface area contributed by atoms with Gasteiger partial charge < -0.3 is 16.0 Å². The zero-order valence-corrected chi connectivity index (χ0v) is 18.3. The maximum atomic E-state index is 12.5. The maximum Gasteiger partial charge on any atom is 0.255 e. The summed E-state index contributed by atoms with van der Waals surface area (Å²) in [7, 11) is 0. The normalized spacial score (nSPS) is 11.4. The van der Waals surface area contributed by atoms with Crippen molar-refractivity contribution in [2.45, 2.75) is 32.9 Å². The smallest absolute Gasteiger partial charge is 0.255 e. The molecule has 3 rings (SSSR count). The Hall–Kier alpha value is -3.45. The van der Waals surface area contributed by atoms with Crippen LogP contribution in [0.2, 0.25) is 0 Å². The Morgan fingerprint density at radius 2 is 1.77 bits per heavy atom. The Kier molecular flexibility index (Phi) is 7.56. The van der Waals surface area contributed by atoms with Crippen LogP contribution in [0.1, 0.15) is 45.7 Å². The van der Waals surface area contributed by atoms with Crippen LogP contribution in [-0.4, -0.2) is 17.7 Å². The van der Waals surface area contributed by atoms with Crippen LogP contribution in [0.3, 0.4) is 0 Å². The van der Waals surface area contributed by atoms with E-state index < -0.39 is 0 Å². The molecule has 3 aromatic rings. The quantitative estimate of drug-likeness (QED) is 0.496. The SMILES string of the molecule is CC(=O)NC(CC(=O)NCc1cccc(NC(=O)c2ccc(C)cc2)c1)c1cccs1. The molecule has 0 spiro atoms. The van der Waals surface area contributed by atoms with E-state index >= 15 is 0 Å². The Bertz CT molecular complexity index is 1050. The minimum atomic E-state index is -0.349. The predicted octanol–water partition coefficient (Wildman–Crippen LogP) is 4.19. The molecule has 3 N–H and O–H groups in total. The van der Waals surface area contributed by atoms with Crippen LogP contribution in [0.25, 0.3) is 0 Å². The molecule has 0 aliphatic carbocycles. The first-order valence-electron chi connectivity index (χ1n) is 9.95. The van der Waals surface area contributed by atoms with Gasteiger partial charge in [-0.25, -0.2) is 0 Å². The molecule has 7 heteroatoms. The van der Waals surface area contributed by atoms with Crippen molar-refractivity contribution in [1.82, 2.24) is 10.6 Å². The van der Waals surface area contributed by atoms with Crippen molar-refractivity contribution in [1.29, 1.82) is 0 Å². The molecule has 0 bridgehead atoms. The number of rotatable bonds is 8. The molecule has 0 aliphatic rings. The maximum absolute atomic E-state index is 12.5. The lowest BCUT2D eigenvalue weighted by Gasteiger charge is -2.16. The fourth-order valence-corrected chi connectivity index (χ4v) is 3.86. The first kappa shape index (κ1) is 22.2. The summed E-state index contributed by atoms with van der Waals surface area (Å²) in [6.07, 6.45) is 0.157. The minimum absolute atomic E-state index is 0.157. The summed E-state index contributed by atoms with van der Waals surface area (Å²) in [4.78, 5) is 37.3. The summed E-state index contributed by atoms with van der Waals surface area (Å²) in [5.74, 6) is -0.528. The Labute approximate surface area is 185 Å². The number of thiophene rings is 1. The van der Waals surface area contributed by atoms with Crippen molar-refractivity contribution in [3.8, 4) is 0 Å². The van der Waals surface area contributed by atoms with Gasteiger partial charge in [0.1, 0.15) is 0 Å². The van der Waals surface area contributed by atoms with Gasteiger partial charge in [0.2, 0.25) is 11.8 Å². The largest absolute Gasteiger partial charge is 0.352 e. The van der Waals surface area contributed by atoms with Gasteiger partial charge >= 0.3 is 0 Å². The first-order chi connectivity index (χ1) is 14.9. The van der Waals surface area contributed by atoms with Crippen molar-refractivity contribution in [2.24, 2.45) is 0 Å². The third-order valence-corrected chi connectivity index (χ3v) is 5.63. The molecule has 0 radical (unpaired) electrons. The lowest BCUT2D eigenvalue weighted by atomic mass is 10.1. The van der Waals surface area contributed by atoms with Crippen LogP contribution in [0.15, 0.2) is 66.0 Å². The molecule has 1 atom stereocenters. The van der Waals surface area contributed by atoms with Crippen LogP contribution in [-0.2, 0) is 16.1 Å². The number of benzene rings is 2. The van der Waals surface area contributed by atoms with Crippen molar-refractivity contribution in [3.63, 3.8) is 0 Å². The Balaban J connectivity index is 1.56. The van der Waals surface area contributed by atoms with Crippen molar-refractivity contribution in [3.05, 3.63) is 87.6 Å². The fraction of sp³-hybridized carbons (Fsp3) is 0.208. The lowest BCUT2D eigenvalue weighted by Crippen LogP contribution is -2.32. The number of amides is 3. The number of hydrogen-bond acceptors (Lipinski definition) is 4. The number of carbonyl (C=O) groups is 3. The molecule has 0 saturated carbocycles. The Morgan fingerprint density at radius 1 is 1.00 bits per heavy atom. The van der Waals surface area contributed by atoms with Gasteiger partial charge in [-0.3, -0.25) is 14.4 Å². The van der Waals surface area contributed by atoms with Crippen LogP contribution in [0.5, 0.6) is 0 Å². The highest BCUT2D eigenvalue weighted by Crippen LogP contribution is 2.22. The first-order valence-corrected chi connectivity index (χ1v) is 10.8. The van der Waals surface area contributed by atoms with Crippen LogP contribution in [0.4, 0.5) is 5.69 Å². The minimum Gasteiger partial charge on any atom is -0.352 e. The average Bonchev–Trinajstić information content (AvgIpc) is 3.27. The van der Waals surface area contributed by atoms with Crippen molar-refractivity contribution in [2.75, 3.05) is 5.32 Å². The summed E-state index contributed by atoms with van der Waals surface area (Å²) in [5.41, 5.74) is 3.20. The lowest BCUT2D eigenvalue weighted by molar-refractivity contribution is -0.122. The van der Waals surface area contributed by atoms with Crippen molar-refractivity contribution < 1.29 is 14.4 Å². The summed E-state index contributed by atoms with van der Waals surface area (Å²) < 4.78 is 0. The molecule has 2 aromatic carbocycles. The molecule has 6 nitrogen and oxygen atoms in total. The monoisotopic (exact) mass is 435 g/mol. The molecule has 1 unspecified atom stereocenters. The van der Waals surface area contributed by atoms with E-state index in [2.05, 4.69) is 16.0 Å². The zero-order chi connectivity index (χ0) is 22.2. The molecule has 3 amide bonds. The summed E-state index contributed by atoms with van der Waals surface area (Å²) >= 11 is 1.50. The second kappa shape index (κ2) is 10.5. The second-order valence-electron chi connectivity index (χ2n) is 7.27. The van der Waals surface area contributed by atoms with E-state index in [1.807, 2.05) is 54.8 Å². The van der Waals surface area contributed by atoms with E-state index in [4.69, 9.17) is 0 Å². The number of aryl methyl sites for hydroxylation is 1. The second-order valence-corrected chi connectivity index (χ2v) is 8.25. The van der Waals surface area contributed by atoms with Gasteiger partial charge in [0, 0.05) is 29.6 Å². The van der Waals surface area contributed by atoms with E-state index in [1.165, 1.54) is 18.3 Å². The van der Waals surface area contributed by atoms with E-state index in [9.17, 15) is 14.4 Å². The molecule has 160 valence electrons. The Morgan fingerprint density at radius 3 is 2.45 bits per heavy atom. The van der Waals surface area contributed by atoms with E-state index in [0.717, 1.165) is 16.0 Å². The highest BCUT2D eigenvalue weighted by Gasteiger charge is 2.18. The van der Waals surface area contributed by atoms with Crippen LogP contribution >= 0.6 is 11.3 Å². The van der Waals surface area contributed by atoms with Gasteiger partial charge in [0.25, 0.3) is 5.91 Å². The molecule has 1 aromatic heterocycles. The standard InChI is InChI=1S/C24H25N3O3S/c1-16-8-10-19(11-9-16)24(30)27-20-6-3-5-18(13-20)15-25-23(29)14-21(26-17(2)28)22-7-4-12-31-22/h3-13,21H,14-15H2,1-2H3,(H,25,29)(H,26,28)(H,27,30). The highest BCUT2D eigenvalue weighted by atomic mass is 32.1.